The Kier molecular flexibility index (Phi) is 5.12. The number of hydrogen-bond donors (Lipinski definition) is 1. The smallest absolute Gasteiger partial charge is 0.240 e. The molecular formula is C14H21FN2O2S. The number of aryl methyl sites for hydroxylation is 1. The van der Waals surface area contributed by atoms with Crippen molar-refractivity contribution in [3.8, 4) is 0 Å². The van der Waals surface area contributed by atoms with Gasteiger partial charge in [0.1, 0.15) is 5.82 Å². The molecule has 1 aliphatic rings. The van der Waals surface area contributed by atoms with Crippen LogP contribution in [0.25, 0.3) is 0 Å². The Labute approximate surface area is 120 Å². The van der Waals surface area contributed by atoms with Gasteiger partial charge in [0.05, 0.1) is 4.90 Å². The van der Waals surface area contributed by atoms with Gasteiger partial charge >= 0.3 is 0 Å². The van der Waals surface area contributed by atoms with Crippen LogP contribution in [0.2, 0.25) is 0 Å². The van der Waals surface area contributed by atoms with Crippen LogP contribution in [-0.2, 0) is 10.0 Å². The van der Waals surface area contributed by atoms with Gasteiger partial charge in [-0.25, -0.2) is 17.5 Å². The summed E-state index contributed by atoms with van der Waals surface area (Å²) in [5.41, 5.74) is 0.443. The van der Waals surface area contributed by atoms with E-state index < -0.39 is 15.8 Å². The maximum Gasteiger partial charge on any atom is 0.240 e. The molecule has 0 atom stereocenters. The lowest BCUT2D eigenvalue weighted by molar-refractivity contribution is 0.334. The highest BCUT2D eigenvalue weighted by Gasteiger charge is 2.15. The third kappa shape index (κ3) is 4.01. The minimum atomic E-state index is -3.60. The molecule has 1 heterocycles. The highest BCUT2D eigenvalue weighted by molar-refractivity contribution is 7.89. The molecule has 1 N–H and O–H groups in total. The topological polar surface area (TPSA) is 49.4 Å². The van der Waals surface area contributed by atoms with Crippen LogP contribution < -0.4 is 4.72 Å². The van der Waals surface area contributed by atoms with Crippen LogP contribution in [0.3, 0.4) is 0 Å². The first-order valence-electron chi connectivity index (χ1n) is 6.97. The minimum Gasteiger partial charge on any atom is -0.303 e. The summed E-state index contributed by atoms with van der Waals surface area (Å²) in [5.74, 6) is -0.495. The fourth-order valence-corrected chi connectivity index (χ4v) is 3.43. The molecule has 0 unspecified atom stereocenters. The molecule has 0 saturated carbocycles. The van der Waals surface area contributed by atoms with E-state index in [0.29, 0.717) is 12.1 Å². The van der Waals surface area contributed by atoms with Crippen LogP contribution in [0, 0.1) is 12.7 Å². The largest absolute Gasteiger partial charge is 0.303 e. The van der Waals surface area contributed by atoms with Gasteiger partial charge in [0.15, 0.2) is 0 Å². The van der Waals surface area contributed by atoms with Crippen LogP contribution in [0.1, 0.15) is 24.8 Å². The van der Waals surface area contributed by atoms with Gasteiger partial charge in [-0.15, -0.1) is 0 Å². The molecule has 112 valence electrons. The fourth-order valence-electron chi connectivity index (χ4n) is 2.34. The maximum absolute atomic E-state index is 13.4. The molecule has 1 saturated heterocycles. The molecule has 6 heteroatoms. The van der Waals surface area contributed by atoms with E-state index >= 15 is 0 Å². The number of nitrogens with one attached hydrogen (secondary N) is 1. The van der Waals surface area contributed by atoms with E-state index in [2.05, 4.69) is 9.62 Å². The van der Waals surface area contributed by atoms with E-state index in [1.165, 1.54) is 25.0 Å². The average molecular weight is 300 g/mol. The Hall–Kier alpha value is -0.980. The normalized spacial score (nSPS) is 16.7. The van der Waals surface area contributed by atoms with Crippen molar-refractivity contribution < 1.29 is 12.8 Å². The van der Waals surface area contributed by atoms with Crippen molar-refractivity contribution in [3.63, 3.8) is 0 Å². The molecule has 0 spiro atoms. The molecule has 2 rings (SSSR count). The summed E-state index contributed by atoms with van der Waals surface area (Å²) in [4.78, 5) is 2.32. The first-order valence-corrected chi connectivity index (χ1v) is 8.45. The van der Waals surface area contributed by atoms with Crippen molar-refractivity contribution in [3.05, 3.63) is 29.6 Å². The second-order valence-electron chi connectivity index (χ2n) is 5.21. The number of likely N-dealkylation sites (tertiary alicyclic amines) is 1. The third-order valence-corrected chi connectivity index (χ3v) is 5.05. The molecular weight excluding hydrogens is 279 g/mol. The van der Waals surface area contributed by atoms with Gasteiger partial charge in [-0.2, -0.15) is 0 Å². The van der Waals surface area contributed by atoms with Gasteiger partial charge < -0.3 is 4.90 Å². The lowest BCUT2D eigenvalue weighted by Crippen LogP contribution is -2.28. The molecule has 1 aliphatic heterocycles. The van der Waals surface area contributed by atoms with Crippen molar-refractivity contribution in [2.24, 2.45) is 0 Å². The minimum absolute atomic E-state index is 0.0122. The van der Waals surface area contributed by atoms with Crippen molar-refractivity contribution in [2.75, 3.05) is 26.2 Å². The highest BCUT2D eigenvalue weighted by atomic mass is 32.2. The highest BCUT2D eigenvalue weighted by Crippen LogP contribution is 2.14. The van der Waals surface area contributed by atoms with Crippen molar-refractivity contribution >= 4 is 10.0 Å². The zero-order valence-corrected chi connectivity index (χ0v) is 12.5. The molecule has 0 bridgehead atoms. The van der Waals surface area contributed by atoms with E-state index in [1.807, 2.05) is 0 Å². The zero-order chi connectivity index (χ0) is 14.6. The van der Waals surface area contributed by atoms with Gasteiger partial charge in [-0.3, -0.25) is 0 Å². The number of rotatable bonds is 6. The Bertz CT molecular complexity index is 554. The predicted octanol–water partition coefficient (Wildman–Crippen LogP) is 1.90. The van der Waals surface area contributed by atoms with E-state index in [0.717, 1.165) is 32.1 Å². The van der Waals surface area contributed by atoms with E-state index in [4.69, 9.17) is 0 Å². The van der Waals surface area contributed by atoms with Crippen LogP contribution in [0.4, 0.5) is 4.39 Å². The Morgan fingerprint density at radius 1 is 1.30 bits per heavy atom. The fraction of sp³-hybridized carbons (Fsp3) is 0.571. The van der Waals surface area contributed by atoms with Gasteiger partial charge in [0.2, 0.25) is 10.0 Å². The van der Waals surface area contributed by atoms with E-state index in [-0.39, 0.29) is 4.90 Å². The lowest BCUT2D eigenvalue weighted by Gasteiger charge is -2.14. The quantitative estimate of drug-likeness (QED) is 0.816. The first kappa shape index (κ1) is 15.4. The van der Waals surface area contributed by atoms with E-state index in [1.54, 1.807) is 6.92 Å². The summed E-state index contributed by atoms with van der Waals surface area (Å²) >= 11 is 0. The van der Waals surface area contributed by atoms with Crippen LogP contribution in [-0.4, -0.2) is 39.5 Å². The van der Waals surface area contributed by atoms with Gasteiger partial charge in [-0.05, 0) is 63.5 Å². The van der Waals surface area contributed by atoms with Gasteiger partial charge in [0, 0.05) is 6.54 Å². The number of sulfonamides is 1. The van der Waals surface area contributed by atoms with Crippen LogP contribution >= 0.6 is 0 Å². The molecule has 1 aromatic rings. The Morgan fingerprint density at radius 2 is 2.00 bits per heavy atom. The second-order valence-corrected chi connectivity index (χ2v) is 6.98. The van der Waals surface area contributed by atoms with Crippen LogP contribution in [0.5, 0.6) is 0 Å². The van der Waals surface area contributed by atoms with E-state index in [9.17, 15) is 12.8 Å². The van der Waals surface area contributed by atoms with Crippen LogP contribution in [0.15, 0.2) is 23.1 Å². The number of hydrogen-bond acceptors (Lipinski definition) is 3. The molecule has 0 radical (unpaired) electrons. The molecule has 0 amide bonds. The summed E-state index contributed by atoms with van der Waals surface area (Å²) in [6.45, 7) is 5.11. The Balaban J connectivity index is 1.85. The molecule has 4 nitrogen and oxygen atoms in total. The first-order chi connectivity index (χ1) is 9.49. The van der Waals surface area contributed by atoms with Crippen molar-refractivity contribution in [1.82, 2.24) is 9.62 Å². The molecule has 1 fully saturated rings. The number of nitrogens with zero attached hydrogens (tertiary/aromatic N) is 1. The number of halogens is 1. The molecule has 20 heavy (non-hydrogen) atoms. The summed E-state index contributed by atoms with van der Waals surface area (Å²) in [6.07, 6.45) is 3.23. The summed E-state index contributed by atoms with van der Waals surface area (Å²) < 4.78 is 39.9. The average Bonchev–Trinajstić information content (AvgIpc) is 2.91. The van der Waals surface area contributed by atoms with Crippen molar-refractivity contribution in [2.45, 2.75) is 31.1 Å². The number of benzene rings is 1. The summed E-state index contributed by atoms with van der Waals surface area (Å²) in [7, 11) is -3.60. The Morgan fingerprint density at radius 3 is 2.65 bits per heavy atom. The zero-order valence-electron chi connectivity index (χ0n) is 11.7. The predicted molar refractivity (Wildman–Crippen MR) is 76.6 cm³/mol. The lowest BCUT2D eigenvalue weighted by atomic mass is 10.2. The molecule has 0 aliphatic carbocycles. The summed E-state index contributed by atoms with van der Waals surface area (Å²) in [5, 5.41) is 0. The second kappa shape index (κ2) is 6.65. The molecule has 0 aromatic heterocycles. The SMILES string of the molecule is Cc1ccc(S(=O)(=O)NCCCN2CCCC2)cc1F. The summed E-state index contributed by atoms with van der Waals surface area (Å²) in [6, 6.07) is 3.98. The van der Waals surface area contributed by atoms with Gasteiger partial charge in [-0.1, -0.05) is 6.07 Å². The standard InChI is InChI=1S/C14H21FN2O2S/c1-12-5-6-13(11-14(12)15)20(18,19)16-7-4-10-17-8-2-3-9-17/h5-6,11,16H,2-4,7-10H2,1H3. The maximum atomic E-state index is 13.4. The van der Waals surface area contributed by atoms with Crippen molar-refractivity contribution in [1.29, 1.82) is 0 Å². The third-order valence-electron chi connectivity index (χ3n) is 3.60. The monoisotopic (exact) mass is 300 g/mol. The van der Waals surface area contributed by atoms with Gasteiger partial charge in [0.25, 0.3) is 0 Å². The molecule has 1 aromatic carbocycles.